The van der Waals surface area contributed by atoms with E-state index in [1.807, 2.05) is 18.2 Å². The quantitative estimate of drug-likeness (QED) is 0.468. The van der Waals surface area contributed by atoms with Crippen molar-refractivity contribution < 1.29 is 18.3 Å². The molecule has 1 saturated heterocycles. The van der Waals surface area contributed by atoms with Crippen LogP contribution in [-0.2, 0) is 16.0 Å². The number of halogens is 1. The lowest BCUT2D eigenvalue weighted by Crippen LogP contribution is -2.12. The zero-order chi connectivity index (χ0) is 21.2. The van der Waals surface area contributed by atoms with Crippen LogP contribution in [0.3, 0.4) is 0 Å². The molecule has 0 radical (unpaired) electrons. The lowest BCUT2D eigenvalue weighted by atomic mass is 10.2. The van der Waals surface area contributed by atoms with Gasteiger partial charge in [0.2, 0.25) is 5.91 Å². The normalized spacial score (nSPS) is 16.1. The summed E-state index contributed by atoms with van der Waals surface area (Å²) in [5, 5.41) is 2.90. The van der Waals surface area contributed by atoms with Gasteiger partial charge in [0.05, 0.1) is 17.2 Å². The molecule has 1 fully saturated rings. The average Bonchev–Trinajstić information content (AvgIpc) is 3.52. The Morgan fingerprint density at radius 2 is 2.10 bits per heavy atom. The van der Waals surface area contributed by atoms with E-state index >= 15 is 0 Å². The number of oxazole rings is 1. The van der Waals surface area contributed by atoms with Gasteiger partial charge in [-0.3, -0.25) is 4.79 Å². The Hall–Kier alpha value is -3.52. The summed E-state index contributed by atoms with van der Waals surface area (Å²) >= 11 is 0. The number of hydrogen-bond donors (Lipinski definition) is 2. The molecular formula is C23H21FN4O3. The molecular weight excluding hydrogens is 399 g/mol. The van der Waals surface area contributed by atoms with Crippen LogP contribution in [0.4, 0.5) is 10.1 Å². The summed E-state index contributed by atoms with van der Waals surface area (Å²) < 4.78 is 24.4. The standard InChI is InChI=1S/C23H21FN4O3/c24-15-5-3-14(4-6-15)20-13-25-22(31-20)10-9-21(29)26-16-7-8-17-18(12-16)28-23(27-17)19-2-1-11-30-19/h3-8,12-13,19H,1-2,9-11H2,(H,26,29)(H,27,28). The molecule has 0 spiro atoms. The Morgan fingerprint density at radius 3 is 2.90 bits per heavy atom. The Bertz CT molecular complexity index is 1210. The monoisotopic (exact) mass is 420 g/mol. The van der Waals surface area contributed by atoms with Gasteiger partial charge in [0.15, 0.2) is 11.7 Å². The van der Waals surface area contributed by atoms with Crippen LogP contribution in [0.15, 0.2) is 53.1 Å². The first kappa shape index (κ1) is 19.4. The number of ether oxygens (including phenoxy) is 1. The zero-order valence-electron chi connectivity index (χ0n) is 16.7. The van der Waals surface area contributed by atoms with Crippen LogP contribution in [0.5, 0.6) is 0 Å². The second kappa shape index (κ2) is 8.31. The predicted molar refractivity (Wildman–Crippen MR) is 113 cm³/mol. The SMILES string of the molecule is O=C(CCc1ncc(-c2ccc(F)cc2)o1)Nc1ccc2nc(C3CCCO3)[nH]c2c1. The lowest BCUT2D eigenvalue weighted by Gasteiger charge is -2.04. The average molecular weight is 420 g/mol. The fourth-order valence-electron chi connectivity index (χ4n) is 3.67. The first-order chi connectivity index (χ1) is 15.1. The number of carbonyl (C=O) groups is 1. The molecule has 1 atom stereocenters. The van der Waals surface area contributed by atoms with Crippen molar-refractivity contribution in [2.24, 2.45) is 0 Å². The van der Waals surface area contributed by atoms with E-state index in [1.54, 1.807) is 18.3 Å². The number of nitrogens with one attached hydrogen (secondary N) is 2. The minimum Gasteiger partial charge on any atom is -0.441 e. The third-order valence-corrected chi connectivity index (χ3v) is 5.27. The largest absolute Gasteiger partial charge is 0.441 e. The highest BCUT2D eigenvalue weighted by atomic mass is 19.1. The van der Waals surface area contributed by atoms with Crippen LogP contribution >= 0.6 is 0 Å². The molecule has 1 aliphatic heterocycles. The number of aromatic nitrogens is 3. The Balaban J connectivity index is 1.19. The number of imidazole rings is 1. The molecule has 4 aromatic rings. The summed E-state index contributed by atoms with van der Waals surface area (Å²) in [4.78, 5) is 24.5. The van der Waals surface area contributed by atoms with Crippen molar-refractivity contribution >= 4 is 22.6 Å². The molecule has 5 rings (SSSR count). The Labute approximate surface area is 177 Å². The number of H-pyrrole nitrogens is 1. The number of hydrogen-bond acceptors (Lipinski definition) is 5. The minimum atomic E-state index is -0.309. The second-order valence-electron chi connectivity index (χ2n) is 7.53. The number of fused-ring (bicyclic) bond motifs is 1. The smallest absolute Gasteiger partial charge is 0.224 e. The number of amides is 1. The molecule has 0 aliphatic carbocycles. The highest BCUT2D eigenvalue weighted by Crippen LogP contribution is 2.29. The van der Waals surface area contributed by atoms with Crippen LogP contribution < -0.4 is 5.32 Å². The van der Waals surface area contributed by atoms with Crippen molar-refractivity contribution in [1.29, 1.82) is 0 Å². The van der Waals surface area contributed by atoms with Crippen molar-refractivity contribution in [3.63, 3.8) is 0 Å². The fourth-order valence-corrected chi connectivity index (χ4v) is 3.67. The first-order valence-electron chi connectivity index (χ1n) is 10.3. The highest BCUT2D eigenvalue weighted by molar-refractivity contribution is 5.93. The van der Waals surface area contributed by atoms with Gasteiger partial charge in [0.25, 0.3) is 0 Å². The van der Waals surface area contributed by atoms with Gasteiger partial charge in [-0.2, -0.15) is 0 Å². The molecule has 31 heavy (non-hydrogen) atoms. The number of nitrogens with zero attached hydrogens (tertiary/aromatic N) is 2. The van der Waals surface area contributed by atoms with Gasteiger partial charge >= 0.3 is 0 Å². The third kappa shape index (κ3) is 4.34. The van der Waals surface area contributed by atoms with E-state index in [-0.39, 0.29) is 24.2 Å². The zero-order valence-corrected chi connectivity index (χ0v) is 16.7. The summed E-state index contributed by atoms with van der Waals surface area (Å²) in [5.41, 5.74) is 3.14. The maximum absolute atomic E-state index is 13.1. The van der Waals surface area contributed by atoms with Crippen molar-refractivity contribution in [3.05, 3.63) is 66.2 Å². The lowest BCUT2D eigenvalue weighted by molar-refractivity contribution is -0.116. The molecule has 0 saturated carbocycles. The van der Waals surface area contributed by atoms with E-state index < -0.39 is 0 Å². The van der Waals surface area contributed by atoms with Gasteiger partial charge in [-0.1, -0.05) is 0 Å². The van der Waals surface area contributed by atoms with Crippen LogP contribution in [0.25, 0.3) is 22.4 Å². The predicted octanol–water partition coefficient (Wildman–Crippen LogP) is 4.78. The third-order valence-electron chi connectivity index (χ3n) is 5.27. The van der Waals surface area contributed by atoms with Gasteiger partial charge in [-0.15, -0.1) is 0 Å². The van der Waals surface area contributed by atoms with Crippen LogP contribution in [0.1, 0.15) is 37.1 Å². The molecule has 2 aromatic heterocycles. The molecule has 0 bridgehead atoms. The summed E-state index contributed by atoms with van der Waals surface area (Å²) in [6.45, 7) is 0.763. The first-order valence-corrected chi connectivity index (χ1v) is 10.3. The second-order valence-corrected chi connectivity index (χ2v) is 7.53. The van der Waals surface area contributed by atoms with Crippen LogP contribution in [0.2, 0.25) is 0 Å². The van der Waals surface area contributed by atoms with Gasteiger partial charge < -0.3 is 19.5 Å². The van der Waals surface area contributed by atoms with E-state index in [4.69, 9.17) is 9.15 Å². The Kier molecular flexibility index (Phi) is 5.21. The fraction of sp³-hybridized carbons (Fsp3) is 0.261. The molecule has 1 unspecified atom stereocenters. The van der Waals surface area contributed by atoms with Crippen molar-refractivity contribution in [2.45, 2.75) is 31.8 Å². The molecule has 8 heteroatoms. The number of anilines is 1. The van der Waals surface area contributed by atoms with Gasteiger partial charge in [0, 0.05) is 30.7 Å². The van der Waals surface area contributed by atoms with Crippen LogP contribution in [0, 0.1) is 5.82 Å². The number of rotatable bonds is 6. The molecule has 158 valence electrons. The summed E-state index contributed by atoms with van der Waals surface area (Å²) in [7, 11) is 0. The summed E-state index contributed by atoms with van der Waals surface area (Å²) in [6, 6.07) is 11.6. The van der Waals surface area contributed by atoms with E-state index in [9.17, 15) is 9.18 Å². The van der Waals surface area contributed by atoms with Crippen molar-refractivity contribution in [2.75, 3.05) is 11.9 Å². The van der Waals surface area contributed by atoms with E-state index in [0.29, 0.717) is 23.8 Å². The number of carbonyl (C=O) groups excluding carboxylic acids is 1. The summed E-state index contributed by atoms with van der Waals surface area (Å²) in [5.74, 6) is 1.38. The van der Waals surface area contributed by atoms with Gasteiger partial charge in [-0.05, 0) is 55.3 Å². The van der Waals surface area contributed by atoms with E-state index in [1.165, 1.54) is 12.1 Å². The van der Waals surface area contributed by atoms with Crippen LogP contribution in [-0.4, -0.2) is 27.5 Å². The van der Waals surface area contributed by atoms with E-state index in [2.05, 4.69) is 20.3 Å². The molecule has 7 nitrogen and oxygen atoms in total. The number of aromatic amines is 1. The molecule has 2 N–H and O–H groups in total. The van der Waals surface area contributed by atoms with Crippen molar-refractivity contribution in [1.82, 2.24) is 15.0 Å². The molecule has 3 heterocycles. The maximum Gasteiger partial charge on any atom is 0.224 e. The minimum absolute atomic E-state index is 0.0195. The highest BCUT2D eigenvalue weighted by Gasteiger charge is 2.21. The maximum atomic E-state index is 13.1. The van der Waals surface area contributed by atoms with Crippen molar-refractivity contribution in [3.8, 4) is 11.3 Å². The van der Waals surface area contributed by atoms with Gasteiger partial charge in [0.1, 0.15) is 17.7 Å². The number of benzene rings is 2. The summed E-state index contributed by atoms with van der Waals surface area (Å²) in [6.07, 6.45) is 4.20. The molecule has 1 aliphatic rings. The number of aryl methyl sites for hydroxylation is 1. The Morgan fingerprint density at radius 1 is 1.23 bits per heavy atom. The molecule has 2 aromatic carbocycles. The molecule has 1 amide bonds. The van der Waals surface area contributed by atoms with Gasteiger partial charge in [-0.25, -0.2) is 14.4 Å². The van der Waals surface area contributed by atoms with E-state index in [0.717, 1.165) is 41.9 Å². The topological polar surface area (TPSA) is 93.0 Å².